The highest BCUT2D eigenvalue weighted by molar-refractivity contribution is 6.06. The van der Waals surface area contributed by atoms with Crippen LogP contribution >= 0.6 is 0 Å². The number of amides is 1. The number of nitrogens with two attached hydrogens (primary N) is 1. The Morgan fingerprint density at radius 2 is 2.00 bits per heavy atom. The van der Waals surface area contributed by atoms with E-state index in [-0.39, 0.29) is 11.6 Å². The lowest BCUT2D eigenvalue weighted by atomic mass is 10.1. The number of benzene rings is 1. The average Bonchev–Trinajstić information content (AvgIpc) is 2.35. The van der Waals surface area contributed by atoms with Crippen LogP contribution in [-0.4, -0.2) is 10.9 Å². The van der Waals surface area contributed by atoms with Gasteiger partial charge in [-0.25, -0.2) is 4.98 Å². The fourth-order valence-corrected chi connectivity index (χ4v) is 1.68. The van der Waals surface area contributed by atoms with Crippen LogP contribution in [0.15, 0.2) is 36.5 Å². The van der Waals surface area contributed by atoms with Crippen LogP contribution in [0, 0.1) is 13.8 Å². The molecule has 1 aromatic heterocycles. The van der Waals surface area contributed by atoms with E-state index >= 15 is 0 Å². The Morgan fingerprint density at radius 3 is 2.72 bits per heavy atom. The summed E-state index contributed by atoms with van der Waals surface area (Å²) in [5.41, 5.74) is 9.29. The van der Waals surface area contributed by atoms with Crippen LogP contribution in [0.4, 0.5) is 11.4 Å². The van der Waals surface area contributed by atoms with Crippen LogP contribution in [0.1, 0.15) is 21.6 Å². The number of pyridine rings is 1. The lowest BCUT2D eigenvalue weighted by Crippen LogP contribution is -2.16. The van der Waals surface area contributed by atoms with E-state index < -0.39 is 0 Å². The Labute approximate surface area is 106 Å². The number of rotatable bonds is 2. The molecule has 0 atom stereocenters. The summed E-state index contributed by atoms with van der Waals surface area (Å²) in [4.78, 5) is 16.0. The van der Waals surface area contributed by atoms with Gasteiger partial charge in [-0.2, -0.15) is 0 Å². The first-order valence-corrected chi connectivity index (χ1v) is 5.67. The fourth-order valence-electron chi connectivity index (χ4n) is 1.68. The largest absolute Gasteiger partial charge is 0.397 e. The van der Waals surface area contributed by atoms with E-state index in [1.54, 1.807) is 18.3 Å². The second-order valence-electron chi connectivity index (χ2n) is 4.14. The van der Waals surface area contributed by atoms with Crippen molar-refractivity contribution in [3.05, 3.63) is 53.3 Å². The van der Waals surface area contributed by atoms with Crippen molar-refractivity contribution in [3.63, 3.8) is 0 Å². The molecule has 1 aromatic carbocycles. The van der Waals surface area contributed by atoms with E-state index in [1.807, 2.05) is 32.0 Å². The molecule has 1 amide bonds. The quantitative estimate of drug-likeness (QED) is 0.849. The summed E-state index contributed by atoms with van der Waals surface area (Å²) < 4.78 is 0. The van der Waals surface area contributed by atoms with Gasteiger partial charge in [0, 0.05) is 11.9 Å². The molecule has 0 saturated carbocycles. The number of nitrogens with one attached hydrogen (secondary N) is 1. The second kappa shape index (κ2) is 4.87. The lowest BCUT2D eigenvalue weighted by molar-refractivity contribution is 0.102. The third-order valence-corrected chi connectivity index (χ3v) is 2.91. The third-order valence-electron chi connectivity index (χ3n) is 2.91. The van der Waals surface area contributed by atoms with Crippen LogP contribution in [0.3, 0.4) is 0 Å². The predicted molar refractivity (Wildman–Crippen MR) is 72.5 cm³/mol. The van der Waals surface area contributed by atoms with Gasteiger partial charge in [-0.05, 0) is 43.2 Å². The smallest absolute Gasteiger partial charge is 0.276 e. The number of hydrogen-bond donors (Lipinski definition) is 2. The molecule has 92 valence electrons. The number of nitrogens with zero attached hydrogens (tertiary/aromatic N) is 1. The van der Waals surface area contributed by atoms with E-state index in [0.29, 0.717) is 5.69 Å². The molecule has 3 N–H and O–H groups in total. The predicted octanol–water partition coefficient (Wildman–Crippen LogP) is 2.53. The van der Waals surface area contributed by atoms with E-state index in [1.165, 1.54) is 0 Å². The van der Waals surface area contributed by atoms with Crippen molar-refractivity contribution in [3.8, 4) is 0 Å². The molecule has 0 saturated heterocycles. The van der Waals surface area contributed by atoms with Gasteiger partial charge in [0.1, 0.15) is 0 Å². The van der Waals surface area contributed by atoms with Gasteiger partial charge >= 0.3 is 0 Å². The molecule has 4 nitrogen and oxygen atoms in total. The SMILES string of the molecule is Cc1cccc(NC(=O)c2ncccc2N)c1C. The van der Waals surface area contributed by atoms with Crippen molar-refractivity contribution in [1.29, 1.82) is 0 Å². The third kappa shape index (κ3) is 2.32. The summed E-state index contributed by atoms with van der Waals surface area (Å²) >= 11 is 0. The van der Waals surface area contributed by atoms with Crippen molar-refractivity contribution in [2.45, 2.75) is 13.8 Å². The number of carbonyl (C=O) groups is 1. The van der Waals surface area contributed by atoms with Crippen LogP contribution in [-0.2, 0) is 0 Å². The number of anilines is 2. The minimum Gasteiger partial charge on any atom is -0.397 e. The monoisotopic (exact) mass is 241 g/mol. The van der Waals surface area contributed by atoms with Gasteiger partial charge in [0.05, 0.1) is 5.69 Å². The molecule has 0 bridgehead atoms. The molecule has 0 fully saturated rings. The van der Waals surface area contributed by atoms with Crippen LogP contribution < -0.4 is 11.1 Å². The van der Waals surface area contributed by atoms with E-state index in [4.69, 9.17) is 5.73 Å². The molecular weight excluding hydrogens is 226 g/mol. The Morgan fingerprint density at radius 1 is 1.22 bits per heavy atom. The first-order chi connectivity index (χ1) is 8.59. The zero-order chi connectivity index (χ0) is 13.1. The zero-order valence-electron chi connectivity index (χ0n) is 10.4. The number of nitrogen functional groups attached to an aromatic ring is 1. The topological polar surface area (TPSA) is 68.0 Å². The molecule has 2 rings (SSSR count). The zero-order valence-corrected chi connectivity index (χ0v) is 10.4. The summed E-state index contributed by atoms with van der Waals surface area (Å²) in [7, 11) is 0. The van der Waals surface area contributed by atoms with Crippen molar-refractivity contribution in [2.24, 2.45) is 0 Å². The first-order valence-electron chi connectivity index (χ1n) is 5.67. The number of hydrogen-bond acceptors (Lipinski definition) is 3. The molecule has 0 spiro atoms. The minimum absolute atomic E-state index is 0.249. The van der Waals surface area contributed by atoms with Gasteiger partial charge < -0.3 is 11.1 Å². The van der Waals surface area contributed by atoms with Crippen LogP contribution in [0.2, 0.25) is 0 Å². The Kier molecular flexibility index (Phi) is 3.28. The van der Waals surface area contributed by atoms with Gasteiger partial charge in [0.25, 0.3) is 5.91 Å². The van der Waals surface area contributed by atoms with Gasteiger partial charge in [-0.15, -0.1) is 0 Å². The standard InChI is InChI=1S/C14H15N3O/c1-9-5-3-7-12(10(9)2)17-14(18)13-11(15)6-4-8-16-13/h3-8H,15H2,1-2H3,(H,17,18). The molecule has 18 heavy (non-hydrogen) atoms. The summed E-state index contributed by atoms with van der Waals surface area (Å²) in [5.74, 6) is -0.290. The molecule has 0 aliphatic heterocycles. The van der Waals surface area contributed by atoms with Crippen molar-refractivity contribution in [2.75, 3.05) is 11.1 Å². The normalized spacial score (nSPS) is 10.1. The van der Waals surface area contributed by atoms with Crippen molar-refractivity contribution >= 4 is 17.3 Å². The molecule has 0 aliphatic carbocycles. The van der Waals surface area contributed by atoms with Crippen LogP contribution in [0.5, 0.6) is 0 Å². The van der Waals surface area contributed by atoms with Gasteiger partial charge in [-0.1, -0.05) is 12.1 Å². The number of aromatic nitrogens is 1. The van der Waals surface area contributed by atoms with Gasteiger partial charge in [-0.3, -0.25) is 4.79 Å². The maximum absolute atomic E-state index is 12.0. The maximum Gasteiger partial charge on any atom is 0.276 e. The molecule has 1 heterocycles. The van der Waals surface area contributed by atoms with Crippen LogP contribution in [0.25, 0.3) is 0 Å². The first kappa shape index (κ1) is 12.1. The van der Waals surface area contributed by atoms with E-state index in [0.717, 1.165) is 16.8 Å². The highest BCUT2D eigenvalue weighted by Crippen LogP contribution is 2.19. The highest BCUT2D eigenvalue weighted by Gasteiger charge is 2.12. The average molecular weight is 241 g/mol. The Balaban J connectivity index is 2.27. The molecule has 0 unspecified atom stereocenters. The number of carbonyl (C=O) groups excluding carboxylic acids is 1. The van der Waals surface area contributed by atoms with Crippen molar-refractivity contribution in [1.82, 2.24) is 4.98 Å². The lowest BCUT2D eigenvalue weighted by Gasteiger charge is -2.10. The highest BCUT2D eigenvalue weighted by atomic mass is 16.1. The molecule has 4 heteroatoms. The van der Waals surface area contributed by atoms with E-state index in [9.17, 15) is 4.79 Å². The maximum atomic E-state index is 12.0. The molecule has 2 aromatic rings. The van der Waals surface area contributed by atoms with Crippen molar-refractivity contribution < 1.29 is 4.79 Å². The van der Waals surface area contributed by atoms with Gasteiger partial charge in [0.2, 0.25) is 0 Å². The number of aryl methyl sites for hydroxylation is 1. The second-order valence-corrected chi connectivity index (χ2v) is 4.14. The Bertz CT molecular complexity index is 593. The fraction of sp³-hybridized carbons (Fsp3) is 0.143. The summed E-state index contributed by atoms with van der Waals surface area (Å²) in [6.07, 6.45) is 1.55. The molecule has 0 aliphatic rings. The summed E-state index contributed by atoms with van der Waals surface area (Å²) in [5, 5.41) is 2.83. The summed E-state index contributed by atoms with van der Waals surface area (Å²) in [6, 6.07) is 9.12. The Hall–Kier alpha value is -2.36. The molecule has 0 radical (unpaired) electrons. The summed E-state index contributed by atoms with van der Waals surface area (Å²) in [6.45, 7) is 3.97. The minimum atomic E-state index is -0.290. The van der Waals surface area contributed by atoms with E-state index in [2.05, 4.69) is 10.3 Å². The van der Waals surface area contributed by atoms with Gasteiger partial charge in [0.15, 0.2) is 5.69 Å². The molecular formula is C14H15N3O.